The van der Waals surface area contributed by atoms with Gasteiger partial charge in [-0.1, -0.05) is 12.8 Å². The highest BCUT2D eigenvalue weighted by molar-refractivity contribution is 7.14. The van der Waals surface area contributed by atoms with Crippen molar-refractivity contribution in [1.82, 2.24) is 10.9 Å². The molecule has 0 saturated heterocycles. The molecule has 5 aliphatic rings. The van der Waals surface area contributed by atoms with Crippen molar-refractivity contribution in [3.8, 4) is 0 Å². The van der Waals surface area contributed by atoms with E-state index in [0.29, 0.717) is 23.1 Å². The molecule has 0 aromatic carbocycles. The smallest absolute Gasteiger partial charge is 0.279 e. The molecular formula is C23H32N2O3S. The summed E-state index contributed by atoms with van der Waals surface area (Å²) in [6.07, 6.45) is 13.3. The lowest BCUT2D eigenvalue weighted by atomic mass is 9.47. The summed E-state index contributed by atoms with van der Waals surface area (Å²) in [4.78, 5) is 27.3. The van der Waals surface area contributed by atoms with E-state index in [2.05, 4.69) is 10.9 Å². The van der Waals surface area contributed by atoms with Gasteiger partial charge >= 0.3 is 0 Å². The Bertz CT molecular complexity index is 778. The van der Waals surface area contributed by atoms with Crippen LogP contribution in [0.15, 0.2) is 6.07 Å². The van der Waals surface area contributed by atoms with Gasteiger partial charge in [0.05, 0.1) is 10.5 Å². The van der Waals surface area contributed by atoms with E-state index < -0.39 is 5.60 Å². The number of thiophene rings is 1. The molecule has 4 atom stereocenters. The van der Waals surface area contributed by atoms with E-state index in [9.17, 15) is 14.7 Å². The monoisotopic (exact) mass is 416 g/mol. The summed E-state index contributed by atoms with van der Waals surface area (Å²) in [5.41, 5.74) is 5.98. The lowest BCUT2D eigenvalue weighted by molar-refractivity contribution is -0.169. The van der Waals surface area contributed by atoms with Crippen LogP contribution in [-0.4, -0.2) is 22.5 Å². The SMILES string of the molecule is O=C(CC12C[C@@H]3C[C@@H](CC(O)(C3)C1)C2)NNC(=O)c1cc2c(s1)CCCCCC2. The average Bonchev–Trinajstić information content (AvgIpc) is 2.99. The Hall–Kier alpha value is -1.40. The van der Waals surface area contributed by atoms with Crippen molar-refractivity contribution < 1.29 is 14.7 Å². The highest BCUT2D eigenvalue weighted by Gasteiger charge is 2.57. The Kier molecular flexibility index (Phi) is 4.98. The molecule has 29 heavy (non-hydrogen) atoms. The first-order valence-corrected chi connectivity index (χ1v) is 12.2. The van der Waals surface area contributed by atoms with Crippen LogP contribution < -0.4 is 10.9 Å². The third kappa shape index (κ3) is 3.98. The van der Waals surface area contributed by atoms with Gasteiger partial charge in [-0.15, -0.1) is 11.3 Å². The Morgan fingerprint density at radius 3 is 2.48 bits per heavy atom. The molecule has 2 amide bonds. The third-order valence-corrected chi connectivity index (χ3v) is 8.96. The molecule has 3 N–H and O–H groups in total. The van der Waals surface area contributed by atoms with Gasteiger partial charge in [-0.05, 0) is 93.1 Å². The summed E-state index contributed by atoms with van der Waals surface area (Å²) in [6.45, 7) is 0. The fourth-order valence-corrected chi connectivity index (χ4v) is 8.29. The predicted octanol–water partition coefficient (Wildman–Crippen LogP) is 3.89. The van der Waals surface area contributed by atoms with Crippen LogP contribution in [0.25, 0.3) is 0 Å². The maximum Gasteiger partial charge on any atom is 0.279 e. The van der Waals surface area contributed by atoms with Crippen molar-refractivity contribution in [2.24, 2.45) is 17.3 Å². The standard InChI is InChI=1S/C23H32N2O3S/c26-20(13-22-9-15-7-16(10-22)12-23(28,11-15)14-22)24-25-21(27)19-8-17-5-3-1-2-4-6-18(17)29-19/h8,15-16,28H,1-7,9-14H2,(H,24,26)(H,25,27)/t15-,16+,22?,23?. The van der Waals surface area contributed by atoms with E-state index in [1.54, 1.807) is 11.3 Å². The van der Waals surface area contributed by atoms with E-state index in [1.807, 2.05) is 6.07 Å². The summed E-state index contributed by atoms with van der Waals surface area (Å²) in [5, 5.41) is 10.9. The molecule has 5 nitrogen and oxygen atoms in total. The number of fused-ring (bicyclic) bond motifs is 1. The van der Waals surface area contributed by atoms with Gasteiger partial charge in [0.2, 0.25) is 5.91 Å². The number of carbonyl (C=O) groups excluding carboxylic acids is 2. The van der Waals surface area contributed by atoms with Crippen LogP contribution >= 0.6 is 11.3 Å². The van der Waals surface area contributed by atoms with Gasteiger partial charge in [0.15, 0.2) is 0 Å². The molecule has 4 bridgehead atoms. The van der Waals surface area contributed by atoms with Gasteiger partial charge in [0.1, 0.15) is 0 Å². The summed E-state index contributed by atoms with van der Waals surface area (Å²) in [7, 11) is 0. The lowest BCUT2D eigenvalue weighted by Gasteiger charge is -2.60. The molecular weight excluding hydrogens is 384 g/mol. The van der Waals surface area contributed by atoms with Gasteiger partial charge in [0, 0.05) is 11.3 Å². The van der Waals surface area contributed by atoms with E-state index in [1.165, 1.54) is 42.5 Å². The minimum Gasteiger partial charge on any atom is -0.390 e. The molecule has 6 rings (SSSR count). The van der Waals surface area contributed by atoms with Crippen molar-refractivity contribution in [3.05, 3.63) is 21.4 Å². The number of hydrogen-bond donors (Lipinski definition) is 3. The zero-order chi connectivity index (χ0) is 20.1. The molecule has 0 radical (unpaired) electrons. The number of nitrogens with one attached hydrogen (secondary N) is 2. The number of hydrogen-bond acceptors (Lipinski definition) is 4. The maximum atomic E-state index is 12.6. The van der Waals surface area contributed by atoms with E-state index in [0.717, 1.165) is 44.9 Å². The Morgan fingerprint density at radius 1 is 1.03 bits per heavy atom. The van der Waals surface area contributed by atoms with Crippen LogP contribution in [0.4, 0.5) is 0 Å². The lowest BCUT2D eigenvalue weighted by Crippen LogP contribution is -2.57. The second-order valence-electron chi connectivity index (χ2n) is 10.3. The van der Waals surface area contributed by atoms with Crippen molar-refractivity contribution in [3.63, 3.8) is 0 Å². The normalized spacial score (nSPS) is 35.5. The first-order chi connectivity index (χ1) is 13.9. The minimum absolute atomic E-state index is 0.0772. The van der Waals surface area contributed by atoms with Crippen molar-refractivity contribution in [1.29, 1.82) is 0 Å². The number of carbonyl (C=O) groups is 2. The molecule has 0 spiro atoms. The van der Waals surface area contributed by atoms with Gasteiger partial charge in [-0.25, -0.2) is 0 Å². The van der Waals surface area contributed by atoms with Crippen LogP contribution in [0.3, 0.4) is 0 Å². The highest BCUT2D eigenvalue weighted by atomic mass is 32.1. The zero-order valence-corrected chi connectivity index (χ0v) is 17.9. The number of aliphatic hydroxyl groups is 1. The number of aryl methyl sites for hydroxylation is 2. The van der Waals surface area contributed by atoms with Crippen LogP contribution in [0.1, 0.15) is 90.7 Å². The van der Waals surface area contributed by atoms with E-state index >= 15 is 0 Å². The fraction of sp³-hybridized carbons (Fsp3) is 0.739. The zero-order valence-electron chi connectivity index (χ0n) is 17.1. The number of hydrazine groups is 1. The second-order valence-corrected chi connectivity index (χ2v) is 11.5. The quantitative estimate of drug-likeness (QED) is 0.654. The predicted molar refractivity (Wildman–Crippen MR) is 112 cm³/mol. The van der Waals surface area contributed by atoms with Gasteiger partial charge in [-0.2, -0.15) is 0 Å². The molecule has 5 aliphatic carbocycles. The number of rotatable bonds is 3. The van der Waals surface area contributed by atoms with Crippen LogP contribution in [-0.2, 0) is 17.6 Å². The number of amides is 2. The van der Waals surface area contributed by atoms with Gasteiger partial charge in [0.25, 0.3) is 5.91 Å². The summed E-state index contributed by atoms with van der Waals surface area (Å²) < 4.78 is 0. The summed E-state index contributed by atoms with van der Waals surface area (Å²) in [6, 6.07) is 2.02. The topological polar surface area (TPSA) is 78.4 Å². The fourth-order valence-electron chi connectivity index (χ4n) is 7.14. The molecule has 2 unspecified atom stereocenters. The average molecular weight is 417 g/mol. The maximum absolute atomic E-state index is 12.6. The molecule has 0 aliphatic heterocycles. The molecule has 4 fully saturated rings. The Morgan fingerprint density at radius 2 is 1.76 bits per heavy atom. The first kappa shape index (κ1) is 19.6. The molecule has 1 aromatic rings. The van der Waals surface area contributed by atoms with Gasteiger partial charge < -0.3 is 5.11 Å². The van der Waals surface area contributed by atoms with E-state index in [4.69, 9.17) is 0 Å². The van der Waals surface area contributed by atoms with Crippen LogP contribution in [0.5, 0.6) is 0 Å². The Balaban J connectivity index is 1.18. The highest BCUT2D eigenvalue weighted by Crippen LogP contribution is 2.62. The second kappa shape index (κ2) is 7.38. The van der Waals surface area contributed by atoms with Crippen molar-refractivity contribution >= 4 is 23.2 Å². The van der Waals surface area contributed by atoms with Crippen molar-refractivity contribution in [2.75, 3.05) is 0 Å². The molecule has 6 heteroatoms. The van der Waals surface area contributed by atoms with E-state index in [-0.39, 0.29) is 17.2 Å². The Labute approximate surface area is 176 Å². The summed E-state index contributed by atoms with van der Waals surface area (Å²) in [5.74, 6) is 0.793. The molecule has 1 aromatic heterocycles. The molecule has 1 heterocycles. The molecule has 4 saturated carbocycles. The molecule has 158 valence electrons. The van der Waals surface area contributed by atoms with Crippen LogP contribution in [0.2, 0.25) is 0 Å². The first-order valence-electron chi connectivity index (χ1n) is 11.4. The minimum atomic E-state index is -0.554. The van der Waals surface area contributed by atoms with Crippen molar-refractivity contribution in [2.45, 2.75) is 89.1 Å². The third-order valence-electron chi connectivity index (χ3n) is 7.72. The van der Waals surface area contributed by atoms with Gasteiger partial charge in [-0.3, -0.25) is 20.4 Å². The summed E-state index contributed by atoms with van der Waals surface area (Å²) >= 11 is 1.58. The van der Waals surface area contributed by atoms with Crippen LogP contribution in [0, 0.1) is 17.3 Å². The largest absolute Gasteiger partial charge is 0.390 e.